The summed E-state index contributed by atoms with van der Waals surface area (Å²) in [4.78, 5) is 12.3. The van der Waals surface area contributed by atoms with E-state index in [2.05, 4.69) is 6.92 Å². The van der Waals surface area contributed by atoms with Gasteiger partial charge in [-0.3, -0.25) is 0 Å². The molecule has 0 aromatic carbocycles. The van der Waals surface area contributed by atoms with Crippen molar-refractivity contribution in [1.29, 1.82) is 0 Å². The quantitative estimate of drug-likeness (QED) is 0.708. The average Bonchev–Trinajstić information content (AvgIpc) is 2.48. The minimum absolute atomic E-state index is 0.308. The molecule has 1 heterocycles. The highest BCUT2D eigenvalue weighted by molar-refractivity contribution is 5.65. The maximum absolute atomic E-state index is 10.7. The van der Waals surface area contributed by atoms with Crippen molar-refractivity contribution in [2.24, 2.45) is 0 Å². The molecule has 0 spiro atoms. The van der Waals surface area contributed by atoms with Crippen LogP contribution in [0.5, 0.6) is 0 Å². The summed E-state index contributed by atoms with van der Waals surface area (Å²) in [6.07, 6.45) is 4.71. The topological polar surface area (TPSA) is 40.5 Å². The molecular weight excluding hydrogens is 154 g/mol. The van der Waals surface area contributed by atoms with E-state index in [9.17, 15) is 4.79 Å². The summed E-state index contributed by atoms with van der Waals surface area (Å²) in [5.41, 5.74) is 0. The molecular formula is C9H17NO2. The minimum Gasteiger partial charge on any atom is -0.465 e. The van der Waals surface area contributed by atoms with Crippen LogP contribution in [0.15, 0.2) is 0 Å². The molecule has 0 aromatic rings. The van der Waals surface area contributed by atoms with Crippen LogP contribution in [-0.2, 0) is 0 Å². The van der Waals surface area contributed by atoms with E-state index in [4.69, 9.17) is 5.11 Å². The van der Waals surface area contributed by atoms with E-state index in [-0.39, 0.29) is 0 Å². The van der Waals surface area contributed by atoms with Gasteiger partial charge in [0.25, 0.3) is 0 Å². The number of carbonyl (C=O) groups is 1. The van der Waals surface area contributed by atoms with Crippen LogP contribution in [0.25, 0.3) is 0 Å². The molecule has 1 fully saturated rings. The summed E-state index contributed by atoms with van der Waals surface area (Å²) < 4.78 is 0. The Morgan fingerprint density at radius 3 is 3.00 bits per heavy atom. The molecule has 70 valence electrons. The molecule has 3 nitrogen and oxygen atoms in total. The third kappa shape index (κ3) is 2.13. The van der Waals surface area contributed by atoms with Gasteiger partial charge >= 0.3 is 6.09 Å². The molecule has 1 atom stereocenters. The third-order valence-electron chi connectivity index (χ3n) is 2.51. The first-order chi connectivity index (χ1) is 5.75. The number of likely N-dealkylation sites (tertiary alicyclic amines) is 1. The highest BCUT2D eigenvalue weighted by Crippen LogP contribution is 2.21. The summed E-state index contributed by atoms with van der Waals surface area (Å²) in [5.74, 6) is 0. The average molecular weight is 171 g/mol. The molecule has 1 aliphatic rings. The van der Waals surface area contributed by atoms with Crippen LogP contribution in [-0.4, -0.2) is 28.7 Å². The number of amides is 1. The van der Waals surface area contributed by atoms with Gasteiger partial charge in [-0.15, -0.1) is 0 Å². The SMILES string of the molecule is CCCCC1CCCN1C(=O)O. The summed E-state index contributed by atoms with van der Waals surface area (Å²) in [5, 5.41) is 8.81. The zero-order chi connectivity index (χ0) is 8.97. The van der Waals surface area contributed by atoms with E-state index in [0.29, 0.717) is 6.04 Å². The highest BCUT2D eigenvalue weighted by atomic mass is 16.4. The molecule has 0 saturated carbocycles. The smallest absolute Gasteiger partial charge is 0.407 e. The van der Waals surface area contributed by atoms with E-state index in [1.165, 1.54) is 0 Å². The fourth-order valence-electron chi connectivity index (χ4n) is 1.83. The van der Waals surface area contributed by atoms with Crippen molar-refractivity contribution < 1.29 is 9.90 Å². The van der Waals surface area contributed by atoms with E-state index in [1.807, 2.05) is 0 Å². The lowest BCUT2D eigenvalue weighted by molar-refractivity contribution is 0.137. The Kier molecular flexibility index (Phi) is 3.38. The van der Waals surface area contributed by atoms with Crippen molar-refractivity contribution in [3.63, 3.8) is 0 Å². The second-order valence-corrected chi connectivity index (χ2v) is 3.41. The molecule has 1 aliphatic heterocycles. The number of nitrogens with zero attached hydrogens (tertiary/aromatic N) is 1. The lowest BCUT2D eigenvalue weighted by Gasteiger charge is -2.20. The van der Waals surface area contributed by atoms with Gasteiger partial charge in [0.15, 0.2) is 0 Å². The number of carboxylic acid groups (broad SMARTS) is 1. The monoisotopic (exact) mass is 171 g/mol. The Hall–Kier alpha value is -0.730. The van der Waals surface area contributed by atoms with Crippen LogP contribution in [0.1, 0.15) is 39.0 Å². The van der Waals surface area contributed by atoms with Crippen LogP contribution >= 0.6 is 0 Å². The van der Waals surface area contributed by atoms with Crippen molar-refractivity contribution in [1.82, 2.24) is 4.90 Å². The Balaban J connectivity index is 2.35. The van der Waals surface area contributed by atoms with E-state index in [1.54, 1.807) is 4.90 Å². The second-order valence-electron chi connectivity index (χ2n) is 3.41. The Labute approximate surface area is 73.4 Å². The van der Waals surface area contributed by atoms with Gasteiger partial charge in [-0.1, -0.05) is 19.8 Å². The zero-order valence-electron chi connectivity index (χ0n) is 7.62. The molecule has 12 heavy (non-hydrogen) atoms. The Morgan fingerprint density at radius 2 is 2.42 bits per heavy atom. The normalized spacial score (nSPS) is 23.1. The first kappa shape index (κ1) is 9.36. The Morgan fingerprint density at radius 1 is 1.67 bits per heavy atom. The number of hydrogen-bond donors (Lipinski definition) is 1. The summed E-state index contributed by atoms with van der Waals surface area (Å²) in [6, 6.07) is 0.308. The number of hydrogen-bond acceptors (Lipinski definition) is 1. The van der Waals surface area contributed by atoms with Gasteiger partial charge in [0, 0.05) is 12.6 Å². The van der Waals surface area contributed by atoms with Gasteiger partial charge in [0.2, 0.25) is 0 Å². The molecule has 1 unspecified atom stereocenters. The van der Waals surface area contributed by atoms with E-state index in [0.717, 1.165) is 38.6 Å². The fourth-order valence-corrected chi connectivity index (χ4v) is 1.83. The van der Waals surface area contributed by atoms with Crippen LogP contribution in [0.2, 0.25) is 0 Å². The van der Waals surface area contributed by atoms with Gasteiger partial charge < -0.3 is 10.0 Å². The van der Waals surface area contributed by atoms with Gasteiger partial charge in [0.05, 0.1) is 0 Å². The number of rotatable bonds is 3. The van der Waals surface area contributed by atoms with Gasteiger partial charge in [-0.05, 0) is 19.3 Å². The largest absolute Gasteiger partial charge is 0.465 e. The minimum atomic E-state index is -0.742. The maximum Gasteiger partial charge on any atom is 0.407 e. The standard InChI is InChI=1S/C9H17NO2/c1-2-3-5-8-6-4-7-10(8)9(11)12/h8H,2-7H2,1H3,(H,11,12). The maximum atomic E-state index is 10.7. The molecule has 0 aliphatic carbocycles. The van der Waals surface area contributed by atoms with Crippen molar-refractivity contribution in [2.45, 2.75) is 45.1 Å². The second kappa shape index (κ2) is 4.33. The van der Waals surface area contributed by atoms with Crippen molar-refractivity contribution in [3.05, 3.63) is 0 Å². The molecule has 1 rings (SSSR count). The summed E-state index contributed by atoms with van der Waals surface area (Å²) in [7, 11) is 0. The van der Waals surface area contributed by atoms with Crippen molar-refractivity contribution in [2.75, 3.05) is 6.54 Å². The molecule has 0 bridgehead atoms. The molecule has 0 aromatic heterocycles. The lowest BCUT2D eigenvalue weighted by Crippen LogP contribution is -2.34. The molecule has 3 heteroatoms. The first-order valence-corrected chi connectivity index (χ1v) is 4.75. The Bertz CT molecular complexity index is 159. The van der Waals surface area contributed by atoms with E-state index >= 15 is 0 Å². The van der Waals surface area contributed by atoms with Crippen LogP contribution in [0, 0.1) is 0 Å². The van der Waals surface area contributed by atoms with Gasteiger partial charge in [0.1, 0.15) is 0 Å². The van der Waals surface area contributed by atoms with E-state index < -0.39 is 6.09 Å². The first-order valence-electron chi connectivity index (χ1n) is 4.75. The lowest BCUT2D eigenvalue weighted by atomic mass is 10.1. The van der Waals surface area contributed by atoms with Crippen LogP contribution in [0.4, 0.5) is 4.79 Å². The fraction of sp³-hybridized carbons (Fsp3) is 0.889. The molecule has 1 saturated heterocycles. The predicted octanol–water partition coefficient (Wildman–Crippen LogP) is 2.32. The van der Waals surface area contributed by atoms with Crippen molar-refractivity contribution >= 4 is 6.09 Å². The third-order valence-corrected chi connectivity index (χ3v) is 2.51. The highest BCUT2D eigenvalue weighted by Gasteiger charge is 2.27. The van der Waals surface area contributed by atoms with Crippen LogP contribution < -0.4 is 0 Å². The predicted molar refractivity (Wildman–Crippen MR) is 47.3 cm³/mol. The van der Waals surface area contributed by atoms with Gasteiger partial charge in [-0.2, -0.15) is 0 Å². The van der Waals surface area contributed by atoms with Crippen molar-refractivity contribution in [3.8, 4) is 0 Å². The summed E-state index contributed by atoms with van der Waals surface area (Å²) >= 11 is 0. The van der Waals surface area contributed by atoms with Gasteiger partial charge in [-0.25, -0.2) is 4.79 Å². The molecule has 1 amide bonds. The zero-order valence-corrected chi connectivity index (χ0v) is 7.62. The van der Waals surface area contributed by atoms with Crippen LogP contribution in [0.3, 0.4) is 0 Å². The number of unbranched alkanes of at least 4 members (excludes halogenated alkanes) is 1. The molecule has 0 radical (unpaired) electrons. The molecule has 1 N–H and O–H groups in total. The summed E-state index contributed by atoms with van der Waals surface area (Å²) in [6.45, 7) is 2.88.